The Labute approximate surface area is 121 Å². The maximum absolute atomic E-state index is 11.3. The molecule has 0 saturated heterocycles. The smallest absolute Gasteiger partial charge is 0.318 e. The number of carbonyl (C=O) groups is 1. The highest BCUT2D eigenvalue weighted by Gasteiger charge is 2.25. The number of benzene rings is 1. The molecule has 0 atom stereocenters. The number of rotatable bonds is 2. The van der Waals surface area contributed by atoms with Crippen LogP contribution < -0.4 is 26.0 Å². The van der Waals surface area contributed by atoms with E-state index in [1.54, 1.807) is 7.05 Å². The fourth-order valence-corrected chi connectivity index (χ4v) is 2.22. The van der Waals surface area contributed by atoms with Gasteiger partial charge in [-0.2, -0.15) is 0 Å². The molecule has 1 aromatic carbocycles. The molecule has 2 heterocycles. The number of fused-ring (bicyclic) bond motifs is 1. The van der Waals surface area contributed by atoms with Crippen molar-refractivity contribution in [1.29, 1.82) is 0 Å². The highest BCUT2D eigenvalue weighted by molar-refractivity contribution is 5.89. The zero-order valence-corrected chi connectivity index (χ0v) is 11.5. The minimum Gasteiger partial charge on any atom is -0.473 e. The molecule has 0 unspecified atom stereocenters. The number of hydrogen-bond acceptors (Lipinski definition) is 5. The van der Waals surface area contributed by atoms with Crippen LogP contribution in [0, 0.1) is 0 Å². The Morgan fingerprint density at radius 1 is 1.43 bits per heavy atom. The van der Waals surface area contributed by atoms with Crippen LogP contribution >= 0.6 is 0 Å². The van der Waals surface area contributed by atoms with Gasteiger partial charge in [-0.1, -0.05) is 0 Å². The molecule has 0 fully saturated rings. The molecule has 0 spiro atoms. The molecule has 2 amide bonds. The van der Waals surface area contributed by atoms with Crippen molar-refractivity contribution in [2.45, 2.75) is 0 Å². The predicted molar refractivity (Wildman–Crippen MR) is 80.0 cm³/mol. The second-order valence-electron chi connectivity index (χ2n) is 4.54. The molecular weight excluding hydrogens is 272 g/mol. The molecule has 21 heavy (non-hydrogen) atoms. The third kappa shape index (κ3) is 2.42. The number of amides is 2. The molecule has 3 rings (SSSR count). The summed E-state index contributed by atoms with van der Waals surface area (Å²) in [6.07, 6.45) is 0. The summed E-state index contributed by atoms with van der Waals surface area (Å²) in [5.74, 6) is 0.976. The van der Waals surface area contributed by atoms with Gasteiger partial charge >= 0.3 is 6.03 Å². The van der Waals surface area contributed by atoms with E-state index in [0.717, 1.165) is 11.4 Å². The van der Waals surface area contributed by atoms with Gasteiger partial charge in [-0.05, 0) is 24.3 Å². The van der Waals surface area contributed by atoms with Gasteiger partial charge in [0.15, 0.2) is 0 Å². The highest BCUT2D eigenvalue weighted by atomic mass is 16.5. The van der Waals surface area contributed by atoms with Gasteiger partial charge in [0.1, 0.15) is 18.1 Å². The van der Waals surface area contributed by atoms with E-state index in [1.807, 2.05) is 29.2 Å². The average molecular weight is 288 g/mol. The molecule has 2 aromatic rings. The highest BCUT2D eigenvalue weighted by Crippen LogP contribution is 2.39. The van der Waals surface area contributed by atoms with Gasteiger partial charge in [0.25, 0.3) is 5.88 Å². The van der Waals surface area contributed by atoms with E-state index >= 15 is 0 Å². The SMILES string of the molecule is CNC(=O)Nc1ccc(N2CCOc3n[nH]c(N)c32)cc1. The van der Waals surface area contributed by atoms with Gasteiger partial charge in [-0.15, -0.1) is 5.10 Å². The number of aromatic amines is 1. The van der Waals surface area contributed by atoms with Crippen molar-refractivity contribution in [3.63, 3.8) is 0 Å². The summed E-state index contributed by atoms with van der Waals surface area (Å²) in [5, 5.41) is 12.0. The molecule has 110 valence electrons. The lowest BCUT2D eigenvalue weighted by Crippen LogP contribution is -2.28. The van der Waals surface area contributed by atoms with E-state index in [-0.39, 0.29) is 6.03 Å². The molecule has 1 aliphatic rings. The maximum Gasteiger partial charge on any atom is 0.318 e. The van der Waals surface area contributed by atoms with E-state index in [0.29, 0.717) is 30.5 Å². The van der Waals surface area contributed by atoms with E-state index < -0.39 is 0 Å². The summed E-state index contributed by atoms with van der Waals surface area (Å²) in [4.78, 5) is 13.3. The first-order chi connectivity index (χ1) is 10.2. The van der Waals surface area contributed by atoms with Gasteiger partial charge in [0, 0.05) is 18.4 Å². The molecular formula is C13H16N6O2. The number of aromatic nitrogens is 2. The van der Waals surface area contributed by atoms with Crippen LogP contribution in [0.1, 0.15) is 0 Å². The van der Waals surface area contributed by atoms with Crippen molar-refractivity contribution >= 4 is 28.9 Å². The lowest BCUT2D eigenvalue weighted by molar-refractivity contribution is 0.254. The Hall–Kier alpha value is -2.90. The number of anilines is 4. The lowest BCUT2D eigenvalue weighted by Gasteiger charge is -2.28. The maximum atomic E-state index is 11.3. The Morgan fingerprint density at radius 3 is 2.90 bits per heavy atom. The van der Waals surface area contributed by atoms with E-state index in [4.69, 9.17) is 10.5 Å². The standard InChI is InChI=1S/C13H16N6O2/c1-15-13(20)16-8-2-4-9(5-3-8)19-6-7-21-12-10(19)11(14)17-18-12/h2-5H,6-7H2,1H3,(H3,14,17,18)(H2,15,16,20). The molecule has 0 saturated carbocycles. The average Bonchev–Trinajstić information content (AvgIpc) is 2.90. The van der Waals surface area contributed by atoms with Gasteiger partial charge in [-0.25, -0.2) is 4.79 Å². The van der Waals surface area contributed by atoms with Crippen LogP contribution in [0.2, 0.25) is 0 Å². The fraction of sp³-hybridized carbons (Fsp3) is 0.231. The molecule has 5 N–H and O–H groups in total. The quantitative estimate of drug-likeness (QED) is 0.665. The molecule has 8 nitrogen and oxygen atoms in total. The second kappa shape index (κ2) is 5.23. The topological polar surface area (TPSA) is 108 Å². The summed E-state index contributed by atoms with van der Waals surface area (Å²) in [7, 11) is 1.57. The minimum atomic E-state index is -0.254. The molecule has 1 aliphatic heterocycles. The Morgan fingerprint density at radius 2 is 2.19 bits per heavy atom. The zero-order chi connectivity index (χ0) is 14.8. The summed E-state index contributed by atoms with van der Waals surface area (Å²) in [6, 6.07) is 7.22. The van der Waals surface area contributed by atoms with Crippen LogP contribution in [0.15, 0.2) is 24.3 Å². The molecule has 0 bridgehead atoms. The fourth-order valence-electron chi connectivity index (χ4n) is 2.22. The Bertz CT molecular complexity index is 651. The van der Waals surface area contributed by atoms with Crippen molar-refractivity contribution in [2.75, 3.05) is 36.1 Å². The Kier molecular flexibility index (Phi) is 3.27. The van der Waals surface area contributed by atoms with E-state index in [1.165, 1.54) is 0 Å². The summed E-state index contributed by atoms with van der Waals surface area (Å²) >= 11 is 0. The largest absolute Gasteiger partial charge is 0.473 e. The number of carbonyl (C=O) groups excluding carboxylic acids is 1. The number of urea groups is 1. The number of ether oxygens (including phenoxy) is 1. The third-order valence-corrected chi connectivity index (χ3v) is 3.22. The number of nitrogens with one attached hydrogen (secondary N) is 3. The molecule has 0 aliphatic carbocycles. The monoisotopic (exact) mass is 288 g/mol. The van der Waals surface area contributed by atoms with Gasteiger partial charge in [0.2, 0.25) is 0 Å². The normalized spacial score (nSPS) is 13.3. The number of nitrogens with two attached hydrogens (primary N) is 1. The zero-order valence-electron chi connectivity index (χ0n) is 11.5. The van der Waals surface area contributed by atoms with Crippen molar-refractivity contribution in [3.05, 3.63) is 24.3 Å². The first-order valence-electron chi connectivity index (χ1n) is 6.52. The van der Waals surface area contributed by atoms with Crippen molar-refractivity contribution in [3.8, 4) is 5.88 Å². The first-order valence-corrected chi connectivity index (χ1v) is 6.52. The third-order valence-electron chi connectivity index (χ3n) is 3.22. The van der Waals surface area contributed by atoms with Crippen LogP contribution in [-0.4, -0.2) is 36.4 Å². The van der Waals surface area contributed by atoms with Crippen LogP contribution in [0.4, 0.5) is 27.7 Å². The van der Waals surface area contributed by atoms with Crippen molar-refractivity contribution in [2.24, 2.45) is 0 Å². The number of nitrogens with zero attached hydrogens (tertiary/aromatic N) is 2. The summed E-state index contributed by atoms with van der Waals surface area (Å²) < 4.78 is 5.46. The molecule has 1 aromatic heterocycles. The van der Waals surface area contributed by atoms with E-state index in [9.17, 15) is 4.79 Å². The number of H-pyrrole nitrogens is 1. The van der Waals surface area contributed by atoms with Crippen LogP contribution in [-0.2, 0) is 0 Å². The number of nitrogen functional groups attached to an aromatic ring is 1. The van der Waals surface area contributed by atoms with Crippen LogP contribution in [0.25, 0.3) is 0 Å². The summed E-state index contributed by atoms with van der Waals surface area (Å²) in [5.41, 5.74) is 8.31. The second-order valence-corrected chi connectivity index (χ2v) is 4.54. The van der Waals surface area contributed by atoms with E-state index in [2.05, 4.69) is 20.8 Å². The van der Waals surface area contributed by atoms with Gasteiger partial charge in [-0.3, -0.25) is 5.10 Å². The van der Waals surface area contributed by atoms with Gasteiger partial charge in [0.05, 0.1) is 6.54 Å². The van der Waals surface area contributed by atoms with Crippen LogP contribution in [0.3, 0.4) is 0 Å². The molecule has 0 radical (unpaired) electrons. The minimum absolute atomic E-state index is 0.254. The van der Waals surface area contributed by atoms with Crippen molar-refractivity contribution in [1.82, 2.24) is 15.5 Å². The van der Waals surface area contributed by atoms with Crippen LogP contribution in [0.5, 0.6) is 5.88 Å². The number of hydrogen-bond donors (Lipinski definition) is 4. The summed E-state index contributed by atoms with van der Waals surface area (Å²) in [6.45, 7) is 1.22. The first kappa shape index (κ1) is 13.1. The predicted octanol–water partition coefficient (Wildman–Crippen LogP) is 1.27. The molecule has 8 heteroatoms. The Balaban J connectivity index is 1.85. The lowest BCUT2D eigenvalue weighted by atomic mass is 10.2. The van der Waals surface area contributed by atoms with Crippen molar-refractivity contribution < 1.29 is 9.53 Å². The van der Waals surface area contributed by atoms with Gasteiger partial charge < -0.3 is 26.0 Å².